The van der Waals surface area contributed by atoms with Crippen molar-refractivity contribution in [1.29, 1.82) is 0 Å². The summed E-state index contributed by atoms with van der Waals surface area (Å²) in [5, 5.41) is 12.3. The number of carboxylic acid groups (broad SMARTS) is 1. The quantitative estimate of drug-likeness (QED) is 0.605. The molecule has 9 nitrogen and oxygen atoms in total. The fourth-order valence-electron chi connectivity index (χ4n) is 3.78. The topological polar surface area (TPSA) is 118 Å². The van der Waals surface area contributed by atoms with Crippen LogP contribution in [-0.2, 0) is 19.1 Å². The maximum atomic E-state index is 13.3. The van der Waals surface area contributed by atoms with Gasteiger partial charge >= 0.3 is 12.1 Å². The molecule has 4 atom stereocenters. The van der Waals surface area contributed by atoms with Gasteiger partial charge in [-0.2, -0.15) is 0 Å². The Bertz CT molecular complexity index is 730. The highest BCUT2D eigenvalue weighted by Crippen LogP contribution is 2.36. The highest BCUT2D eigenvalue weighted by Gasteiger charge is 2.47. The lowest BCUT2D eigenvalue weighted by Gasteiger charge is -2.34. The highest BCUT2D eigenvalue weighted by molar-refractivity contribution is 9.11. The molecule has 0 aliphatic carbocycles. The van der Waals surface area contributed by atoms with E-state index in [1.54, 1.807) is 20.8 Å². The Kier molecular flexibility index (Phi) is 7.31. The lowest BCUT2D eigenvalue weighted by Crippen LogP contribution is -2.56. The van der Waals surface area contributed by atoms with Crippen LogP contribution >= 0.6 is 15.9 Å². The molecule has 0 bridgehead atoms. The van der Waals surface area contributed by atoms with E-state index in [1.165, 1.54) is 19.1 Å². The van der Waals surface area contributed by atoms with Gasteiger partial charge in [-0.1, -0.05) is 26.8 Å². The van der Waals surface area contributed by atoms with E-state index < -0.39 is 35.5 Å². The molecule has 10 heteroatoms. The van der Waals surface area contributed by atoms with E-state index in [0.717, 1.165) is 0 Å². The number of alkyl carbamates (subject to hydrolysis) is 1. The summed E-state index contributed by atoms with van der Waals surface area (Å²) in [6.45, 7) is 5.64. The summed E-state index contributed by atoms with van der Waals surface area (Å²) < 4.78 is 10.7. The molecule has 0 radical (unpaired) electrons. The second-order valence-electron chi connectivity index (χ2n) is 8.30. The molecule has 1 saturated heterocycles. The predicted octanol–water partition coefficient (Wildman–Crippen LogP) is 2.36. The number of carbonyl (C=O) groups excluding carboxylic acids is 2. The summed E-state index contributed by atoms with van der Waals surface area (Å²) in [5.74, 6) is -1.25. The molecule has 2 heterocycles. The Morgan fingerprint density at radius 1 is 1.34 bits per heavy atom. The van der Waals surface area contributed by atoms with Crippen molar-refractivity contribution in [1.82, 2.24) is 10.2 Å². The fourth-order valence-corrected chi connectivity index (χ4v) is 4.14. The fraction of sp³-hybridized carbons (Fsp3) is 0.684. The molecule has 162 valence electrons. The lowest BCUT2D eigenvalue weighted by molar-refractivity contribution is -0.150. The van der Waals surface area contributed by atoms with Crippen LogP contribution in [0, 0.1) is 17.3 Å². The van der Waals surface area contributed by atoms with E-state index in [2.05, 4.69) is 31.0 Å². The van der Waals surface area contributed by atoms with Gasteiger partial charge in [-0.05, 0) is 40.1 Å². The number of amides is 2. The van der Waals surface area contributed by atoms with E-state index in [9.17, 15) is 19.5 Å². The average Bonchev–Trinajstić information content (AvgIpc) is 3.09. The SMILES string of the molecule is COC(=O)N[C@H](C(=O)N1C[C@H](C2CC=C(Br)N=C2OC)C[C@H]1C(=O)O)C(C)(C)C. The van der Waals surface area contributed by atoms with Crippen molar-refractivity contribution in [3.05, 3.63) is 10.7 Å². The number of carboxylic acids is 1. The third kappa shape index (κ3) is 5.29. The van der Waals surface area contributed by atoms with E-state index in [4.69, 9.17) is 4.74 Å². The van der Waals surface area contributed by atoms with Gasteiger partial charge in [-0.15, -0.1) is 0 Å². The smallest absolute Gasteiger partial charge is 0.407 e. The van der Waals surface area contributed by atoms with Crippen molar-refractivity contribution < 1.29 is 29.0 Å². The number of carbonyl (C=O) groups is 3. The second-order valence-corrected chi connectivity index (χ2v) is 9.11. The molecule has 2 N–H and O–H groups in total. The van der Waals surface area contributed by atoms with Crippen LogP contribution in [0.25, 0.3) is 0 Å². The van der Waals surface area contributed by atoms with E-state index in [-0.39, 0.29) is 24.8 Å². The van der Waals surface area contributed by atoms with Gasteiger partial charge in [0.15, 0.2) is 5.90 Å². The van der Waals surface area contributed by atoms with E-state index >= 15 is 0 Å². The summed E-state index contributed by atoms with van der Waals surface area (Å²) in [4.78, 5) is 42.7. The third-order valence-corrected chi connectivity index (χ3v) is 5.82. The summed E-state index contributed by atoms with van der Waals surface area (Å²) in [6, 6.07) is -1.91. The number of methoxy groups -OCH3 is 2. The van der Waals surface area contributed by atoms with Crippen LogP contribution < -0.4 is 5.32 Å². The van der Waals surface area contributed by atoms with Crippen molar-refractivity contribution in [2.45, 2.75) is 45.7 Å². The monoisotopic (exact) mass is 473 g/mol. The van der Waals surface area contributed by atoms with Crippen molar-refractivity contribution in [3.63, 3.8) is 0 Å². The number of nitrogens with zero attached hydrogens (tertiary/aromatic N) is 2. The number of rotatable bonds is 4. The van der Waals surface area contributed by atoms with Gasteiger partial charge in [0.1, 0.15) is 16.7 Å². The zero-order valence-corrected chi connectivity index (χ0v) is 18.9. The predicted molar refractivity (Wildman–Crippen MR) is 110 cm³/mol. The van der Waals surface area contributed by atoms with Gasteiger partial charge in [0.05, 0.1) is 14.2 Å². The van der Waals surface area contributed by atoms with E-state index in [0.29, 0.717) is 16.9 Å². The Balaban J connectivity index is 2.28. The molecule has 0 aromatic carbocycles. The number of ether oxygens (including phenoxy) is 2. The van der Waals surface area contributed by atoms with Crippen LogP contribution in [0.1, 0.15) is 33.6 Å². The molecule has 0 saturated carbocycles. The van der Waals surface area contributed by atoms with Crippen LogP contribution in [0.4, 0.5) is 4.79 Å². The molecule has 2 aliphatic rings. The summed E-state index contributed by atoms with van der Waals surface area (Å²) in [6.07, 6.45) is 2.09. The first kappa shape index (κ1) is 23.2. The first-order valence-corrected chi connectivity index (χ1v) is 10.1. The van der Waals surface area contributed by atoms with Crippen LogP contribution in [0.15, 0.2) is 15.7 Å². The second kappa shape index (κ2) is 9.15. The molecule has 1 fully saturated rings. The highest BCUT2D eigenvalue weighted by atomic mass is 79.9. The van der Waals surface area contributed by atoms with Crippen molar-refractivity contribution >= 4 is 39.8 Å². The Morgan fingerprint density at radius 3 is 2.52 bits per heavy atom. The van der Waals surface area contributed by atoms with Crippen LogP contribution in [0.2, 0.25) is 0 Å². The van der Waals surface area contributed by atoms with Gasteiger partial charge in [-0.3, -0.25) is 4.79 Å². The number of aliphatic imine (C=N–C) groups is 1. The number of aliphatic carboxylic acids is 1. The van der Waals surface area contributed by atoms with Gasteiger partial charge in [-0.25, -0.2) is 14.6 Å². The normalized spacial score (nSPS) is 25.6. The minimum atomic E-state index is -1.07. The summed E-state index contributed by atoms with van der Waals surface area (Å²) >= 11 is 3.33. The maximum Gasteiger partial charge on any atom is 0.407 e. The molecule has 2 amide bonds. The molecule has 29 heavy (non-hydrogen) atoms. The van der Waals surface area contributed by atoms with E-state index in [1.807, 2.05) is 6.08 Å². The average molecular weight is 474 g/mol. The summed E-state index contributed by atoms with van der Waals surface area (Å²) in [5.41, 5.74) is -0.635. The third-order valence-electron chi connectivity index (χ3n) is 5.31. The number of likely N-dealkylation sites (tertiary alicyclic amines) is 1. The minimum absolute atomic E-state index is 0.123. The van der Waals surface area contributed by atoms with Gasteiger partial charge in [0.25, 0.3) is 0 Å². The van der Waals surface area contributed by atoms with Crippen LogP contribution in [0.5, 0.6) is 0 Å². The zero-order chi connectivity index (χ0) is 21.9. The largest absolute Gasteiger partial charge is 0.484 e. The van der Waals surface area contributed by atoms with Crippen LogP contribution in [-0.4, -0.2) is 66.7 Å². The van der Waals surface area contributed by atoms with Crippen molar-refractivity contribution in [3.8, 4) is 0 Å². The molecular formula is C19H28BrN3O6. The molecule has 0 aromatic rings. The molecule has 0 spiro atoms. The Labute approximate surface area is 178 Å². The van der Waals surface area contributed by atoms with Gasteiger partial charge < -0.3 is 24.8 Å². The molecular weight excluding hydrogens is 446 g/mol. The van der Waals surface area contributed by atoms with Gasteiger partial charge in [0, 0.05) is 12.5 Å². The number of hydrogen-bond donors (Lipinski definition) is 2. The van der Waals surface area contributed by atoms with Crippen molar-refractivity contribution in [2.75, 3.05) is 20.8 Å². The Morgan fingerprint density at radius 2 is 2.00 bits per heavy atom. The lowest BCUT2D eigenvalue weighted by atomic mass is 9.85. The molecule has 2 aliphatic heterocycles. The first-order chi connectivity index (χ1) is 13.5. The number of nitrogens with one attached hydrogen (secondary N) is 1. The molecule has 0 aromatic heterocycles. The summed E-state index contributed by atoms with van der Waals surface area (Å²) in [7, 11) is 2.74. The number of hydrogen-bond acceptors (Lipinski definition) is 6. The van der Waals surface area contributed by atoms with Crippen molar-refractivity contribution in [2.24, 2.45) is 22.2 Å². The first-order valence-electron chi connectivity index (χ1n) is 9.35. The number of allylic oxidation sites excluding steroid dienone is 1. The molecule has 1 unspecified atom stereocenters. The minimum Gasteiger partial charge on any atom is -0.484 e. The standard InChI is InChI=1S/C19H28BrN3O6/c1-19(2,3)14(22-18(27)29-5)16(24)23-9-10(8-12(23)17(25)26)11-6-7-13(20)21-15(11)28-4/h7,10-12,14H,6,8-9H2,1-5H3,(H,22,27)(H,25,26)/t10-,11?,12+,14-/m1/s1. The molecule has 2 rings (SSSR count). The van der Waals surface area contributed by atoms with Gasteiger partial charge in [0.2, 0.25) is 5.91 Å². The maximum absolute atomic E-state index is 13.3. The zero-order valence-electron chi connectivity index (χ0n) is 17.3. The number of halogens is 1. The Hall–Kier alpha value is -2.10. The van der Waals surface area contributed by atoms with Crippen LogP contribution in [0.3, 0.4) is 0 Å².